The molecule has 1 aromatic carbocycles. The standard InChI is InChI=1S/C13H15N3O4/c1-8(9-3-5-10(6-4-9)16(19)20)14-11-7-12(17)15(2)13(11)18/h3-6,8,11,14H,7H2,1-2H3. The first kappa shape index (κ1) is 14.1. The van der Waals surface area contributed by atoms with Crippen molar-refractivity contribution in [3.05, 3.63) is 39.9 Å². The van der Waals surface area contributed by atoms with Crippen molar-refractivity contribution in [2.24, 2.45) is 0 Å². The number of non-ortho nitro benzene ring substituents is 1. The maximum Gasteiger partial charge on any atom is 0.269 e. The molecule has 0 aliphatic carbocycles. The fourth-order valence-electron chi connectivity index (χ4n) is 2.17. The number of likely N-dealkylation sites (N-methyl/N-ethyl adjacent to an activating group) is 1. The number of nitrogens with zero attached hydrogens (tertiary/aromatic N) is 2. The van der Waals surface area contributed by atoms with Crippen molar-refractivity contribution in [1.82, 2.24) is 10.2 Å². The van der Waals surface area contributed by atoms with Gasteiger partial charge in [0.1, 0.15) is 0 Å². The molecule has 1 heterocycles. The predicted molar refractivity (Wildman–Crippen MR) is 70.8 cm³/mol. The minimum absolute atomic E-state index is 0.0211. The van der Waals surface area contributed by atoms with Crippen LogP contribution in [0.1, 0.15) is 24.9 Å². The molecular weight excluding hydrogens is 262 g/mol. The largest absolute Gasteiger partial charge is 0.299 e. The molecule has 2 unspecified atom stereocenters. The fraction of sp³-hybridized carbons (Fsp3) is 0.385. The number of benzene rings is 1. The number of hydrogen-bond donors (Lipinski definition) is 1. The highest BCUT2D eigenvalue weighted by Crippen LogP contribution is 2.20. The van der Waals surface area contributed by atoms with Crippen LogP contribution in [0.4, 0.5) is 5.69 Å². The van der Waals surface area contributed by atoms with Gasteiger partial charge in [0.15, 0.2) is 0 Å². The summed E-state index contributed by atoms with van der Waals surface area (Å²) < 4.78 is 0. The SMILES string of the molecule is CC(NC1CC(=O)N(C)C1=O)c1ccc([N+](=O)[O-])cc1. The number of hydrogen-bond acceptors (Lipinski definition) is 5. The molecule has 0 spiro atoms. The Morgan fingerprint density at radius 3 is 2.40 bits per heavy atom. The lowest BCUT2D eigenvalue weighted by Gasteiger charge is -2.18. The molecule has 106 valence electrons. The summed E-state index contributed by atoms with van der Waals surface area (Å²) in [6.45, 7) is 1.84. The molecule has 0 aromatic heterocycles. The highest BCUT2D eigenvalue weighted by molar-refractivity contribution is 6.05. The molecule has 1 aromatic rings. The number of carbonyl (C=O) groups excluding carboxylic acids is 2. The Morgan fingerprint density at radius 2 is 1.95 bits per heavy atom. The van der Waals surface area contributed by atoms with Gasteiger partial charge in [0, 0.05) is 25.2 Å². The Kier molecular flexibility index (Phi) is 3.80. The van der Waals surface area contributed by atoms with E-state index >= 15 is 0 Å². The average molecular weight is 277 g/mol. The zero-order valence-electron chi connectivity index (χ0n) is 11.2. The van der Waals surface area contributed by atoms with Crippen LogP contribution >= 0.6 is 0 Å². The zero-order valence-corrected chi connectivity index (χ0v) is 11.2. The zero-order chi connectivity index (χ0) is 14.9. The molecule has 1 saturated heterocycles. The molecule has 2 rings (SSSR count). The molecule has 1 N–H and O–H groups in total. The number of nitro groups is 1. The molecule has 1 fully saturated rings. The van der Waals surface area contributed by atoms with E-state index in [9.17, 15) is 19.7 Å². The minimum atomic E-state index is -0.530. The number of likely N-dealkylation sites (tertiary alicyclic amines) is 1. The summed E-state index contributed by atoms with van der Waals surface area (Å²) in [6, 6.07) is 5.41. The molecule has 7 heteroatoms. The van der Waals surface area contributed by atoms with Crippen molar-refractivity contribution in [3.8, 4) is 0 Å². The lowest BCUT2D eigenvalue weighted by Crippen LogP contribution is -2.38. The Hall–Kier alpha value is -2.28. The van der Waals surface area contributed by atoms with Gasteiger partial charge < -0.3 is 0 Å². The van der Waals surface area contributed by atoms with Crippen molar-refractivity contribution >= 4 is 17.5 Å². The van der Waals surface area contributed by atoms with Crippen molar-refractivity contribution in [2.75, 3.05) is 7.05 Å². The monoisotopic (exact) mass is 277 g/mol. The summed E-state index contributed by atoms with van der Waals surface area (Å²) in [7, 11) is 1.46. The third-order valence-corrected chi connectivity index (χ3v) is 3.44. The summed E-state index contributed by atoms with van der Waals surface area (Å²) in [5, 5.41) is 13.7. The van der Waals surface area contributed by atoms with Gasteiger partial charge in [-0.15, -0.1) is 0 Å². The smallest absolute Gasteiger partial charge is 0.269 e. The van der Waals surface area contributed by atoms with E-state index in [0.29, 0.717) is 0 Å². The van der Waals surface area contributed by atoms with Crippen LogP contribution in [0.5, 0.6) is 0 Å². The molecule has 0 bridgehead atoms. The van der Waals surface area contributed by atoms with Gasteiger partial charge in [-0.2, -0.15) is 0 Å². The quantitative estimate of drug-likeness (QED) is 0.503. The topological polar surface area (TPSA) is 92.6 Å². The van der Waals surface area contributed by atoms with E-state index in [-0.39, 0.29) is 30.0 Å². The van der Waals surface area contributed by atoms with Crippen LogP contribution in [0, 0.1) is 10.1 Å². The first-order valence-electron chi connectivity index (χ1n) is 6.21. The Labute approximate surface area is 115 Å². The number of carbonyl (C=O) groups is 2. The summed E-state index contributed by atoms with van der Waals surface area (Å²) >= 11 is 0. The van der Waals surface area contributed by atoms with Crippen molar-refractivity contribution < 1.29 is 14.5 Å². The third kappa shape index (κ3) is 2.67. The van der Waals surface area contributed by atoms with Crippen LogP contribution in [0.15, 0.2) is 24.3 Å². The third-order valence-electron chi connectivity index (χ3n) is 3.44. The Bertz CT molecular complexity index is 555. The summed E-state index contributed by atoms with van der Waals surface area (Å²) in [5.74, 6) is -0.452. The van der Waals surface area contributed by atoms with Crippen molar-refractivity contribution in [2.45, 2.75) is 25.4 Å². The second kappa shape index (κ2) is 5.38. The lowest BCUT2D eigenvalue weighted by atomic mass is 10.1. The lowest BCUT2D eigenvalue weighted by molar-refractivity contribution is -0.384. The highest BCUT2D eigenvalue weighted by Gasteiger charge is 2.36. The van der Waals surface area contributed by atoms with Crippen LogP contribution in [0.25, 0.3) is 0 Å². The van der Waals surface area contributed by atoms with Gasteiger partial charge in [0.25, 0.3) is 5.69 Å². The Morgan fingerprint density at radius 1 is 1.35 bits per heavy atom. The second-order valence-corrected chi connectivity index (χ2v) is 4.78. The van der Waals surface area contributed by atoms with E-state index in [1.54, 1.807) is 12.1 Å². The van der Waals surface area contributed by atoms with E-state index in [1.807, 2.05) is 6.92 Å². The molecule has 7 nitrogen and oxygen atoms in total. The fourth-order valence-corrected chi connectivity index (χ4v) is 2.17. The molecule has 2 amide bonds. The van der Waals surface area contributed by atoms with Gasteiger partial charge in [-0.3, -0.25) is 29.9 Å². The van der Waals surface area contributed by atoms with Gasteiger partial charge >= 0.3 is 0 Å². The second-order valence-electron chi connectivity index (χ2n) is 4.78. The van der Waals surface area contributed by atoms with Crippen LogP contribution in [-0.2, 0) is 9.59 Å². The average Bonchev–Trinajstić information content (AvgIpc) is 2.66. The predicted octanol–water partition coefficient (Wildman–Crippen LogP) is 1.00. The molecular formula is C13H15N3O4. The van der Waals surface area contributed by atoms with Gasteiger partial charge in [0.2, 0.25) is 11.8 Å². The molecule has 1 aliphatic rings. The van der Waals surface area contributed by atoms with E-state index in [2.05, 4.69) is 5.32 Å². The van der Waals surface area contributed by atoms with Crippen LogP contribution in [-0.4, -0.2) is 34.7 Å². The van der Waals surface area contributed by atoms with E-state index < -0.39 is 11.0 Å². The molecule has 1 aliphatic heterocycles. The van der Waals surface area contributed by atoms with Gasteiger partial charge in [-0.25, -0.2) is 0 Å². The van der Waals surface area contributed by atoms with Gasteiger partial charge in [-0.1, -0.05) is 12.1 Å². The highest BCUT2D eigenvalue weighted by atomic mass is 16.6. The van der Waals surface area contributed by atoms with Crippen LogP contribution in [0.2, 0.25) is 0 Å². The molecule has 20 heavy (non-hydrogen) atoms. The number of nitro benzene ring substituents is 1. The first-order valence-corrected chi connectivity index (χ1v) is 6.21. The first-order chi connectivity index (χ1) is 9.40. The van der Waals surface area contributed by atoms with Gasteiger partial charge in [-0.05, 0) is 12.5 Å². The molecule has 0 saturated carbocycles. The maximum absolute atomic E-state index is 11.8. The summed E-state index contributed by atoms with van der Waals surface area (Å²) in [6.07, 6.45) is 0.145. The summed E-state index contributed by atoms with van der Waals surface area (Å²) in [4.78, 5) is 34.4. The molecule has 0 radical (unpaired) electrons. The van der Waals surface area contributed by atoms with E-state index in [1.165, 1.54) is 19.2 Å². The van der Waals surface area contributed by atoms with E-state index in [0.717, 1.165) is 10.5 Å². The minimum Gasteiger partial charge on any atom is -0.299 e. The van der Waals surface area contributed by atoms with E-state index in [4.69, 9.17) is 0 Å². The number of imide groups is 1. The molecule has 2 atom stereocenters. The van der Waals surface area contributed by atoms with Crippen molar-refractivity contribution in [3.63, 3.8) is 0 Å². The van der Waals surface area contributed by atoms with Crippen LogP contribution < -0.4 is 5.32 Å². The van der Waals surface area contributed by atoms with Crippen molar-refractivity contribution in [1.29, 1.82) is 0 Å². The number of nitrogens with one attached hydrogen (secondary N) is 1. The maximum atomic E-state index is 11.8. The summed E-state index contributed by atoms with van der Waals surface area (Å²) in [5.41, 5.74) is 0.846. The normalized spacial score (nSPS) is 20.3. The number of amides is 2. The Balaban J connectivity index is 2.05. The van der Waals surface area contributed by atoms with Crippen LogP contribution in [0.3, 0.4) is 0 Å². The number of rotatable bonds is 4. The van der Waals surface area contributed by atoms with Gasteiger partial charge in [0.05, 0.1) is 17.4 Å².